The molecule has 2 unspecified atom stereocenters. The molecule has 19 heavy (non-hydrogen) atoms. The highest BCUT2D eigenvalue weighted by Gasteiger charge is 2.26. The van der Waals surface area contributed by atoms with Crippen LogP contribution in [0.3, 0.4) is 0 Å². The second-order valence-electron chi connectivity index (χ2n) is 4.78. The average molecular weight is 260 g/mol. The van der Waals surface area contributed by atoms with Crippen molar-refractivity contribution in [1.82, 2.24) is 0 Å². The lowest BCUT2D eigenvalue weighted by Gasteiger charge is -2.20. The van der Waals surface area contributed by atoms with Gasteiger partial charge in [-0.15, -0.1) is 0 Å². The molecule has 2 rings (SSSR count). The van der Waals surface area contributed by atoms with Crippen LogP contribution in [0, 0.1) is 27.4 Å². The summed E-state index contributed by atoms with van der Waals surface area (Å²) in [4.78, 5) is 10.4. The molecule has 0 saturated heterocycles. The van der Waals surface area contributed by atoms with E-state index in [1.807, 2.05) is 6.07 Å². The van der Waals surface area contributed by atoms with E-state index in [1.54, 1.807) is 6.07 Å². The van der Waals surface area contributed by atoms with Crippen LogP contribution in [-0.4, -0.2) is 17.5 Å². The summed E-state index contributed by atoms with van der Waals surface area (Å²) >= 11 is 0. The average Bonchev–Trinajstić information content (AvgIpc) is 2.85. The van der Waals surface area contributed by atoms with E-state index in [-0.39, 0.29) is 17.3 Å². The van der Waals surface area contributed by atoms with Crippen LogP contribution in [0.15, 0.2) is 18.2 Å². The van der Waals surface area contributed by atoms with E-state index in [1.165, 1.54) is 12.1 Å². The molecule has 1 fully saturated rings. The zero-order chi connectivity index (χ0) is 13.8. The van der Waals surface area contributed by atoms with Crippen molar-refractivity contribution in [3.8, 4) is 6.07 Å². The lowest BCUT2D eigenvalue weighted by Crippen LogP contribution is -2.29. The van der Waals surface area contributed by atoms with E-state index in [2.05, 4.69) is 5.32 Å². The molecular weight excluding hydrogens is 244 g/mol. The first-order valence-corrected chi connectivity index (χ1v) is 6.31. The third-order valence-corrected chi connectivity index (χ3v) is 3.63. The first kappa shape index (κ1) is 13.3. The number of rotatable bonds is 4. The zero-order valence-electron chi connectivity index (χ0n) is 10.5. The van der Waals surface area contributed by atoms with Gasteiger partial charge in [0.15, 0.2) is 0 Å². The van der Waals surface area contributed by atoms with Gasteiger partial charge in [0.2, 0.25) is 0 Å². The largest absolute Gasteiger partial charge is 0.382 e. The van der Waals surface area contributed by atoms with Crippen molar-refractivity contribution in [2.45, 2.75) is 25.3 Å². The molecule has 0 heterocycles. The number of hydrogen-bond acceptors (Lipinski definition) is 5. The van der Waals surface area contributed by atoms with Crippen LogP contribution in [0.4, 0.5) is 11.4 Å². The van der Waals surface area contributed by atoms with Gasteiger partial charge in [-0.1, -0.05) is 6.42 Å². The highest BCUT2D eigenvalue weighted by atomic mass is 16.6. The highest BCUT2D eigenvalue weighted by molar-refractivity contribution is 5.59. The van der Waals surface area contributed by atoms with Crippen molar-refractivity contribution in [1.29, 1.82) is 5.26 Å². The second kappa shape index (κ2) is 5.67. The number of nitro groups is 1. The van der Waals surface area contributed by atoms with Gasteiger partial charge >= 0.3 is 0 Å². The SMILES string of the molecule is N#Cc1ccc(NC2CCCC2CN)cc1[N+](=O)[O-]. The summed E-state index contributed by atoms with van der Waals surface area (Å²) in [6, 6.07) is 6.70. The second-order valence-corrected chi connectivity index (χ2v) is 4.78. The van der Waals surface area contributed by atoms with Crippen molar-refractivity contribution in [2.24, 2.45) is 11.7 Å². The molecule has 1 aromatic rings. The minimum atomic E-state index is -0.529. The summed E-state index contributed by atoms with van der Waals surface area (Å²) < 4.78 is 0. The Bertz CT molecular complexity index is 524. The molecular formula is C13H16N4O2. The van der Waals surface area contributed by atoms with E-state index >= 15 is 0 Å². The van der Waals surface area contributed by atoms with Crippen LogP contribution in [0.2, 0.25) is 0 Å². The number of nitrogens with two attached hydrogens (primary N) is 1. The van der Waals surface area contributed by atoms with Crippen molar-refractivity contribution in [3.05, 3.63) is 33.9 Å². The van der Waals surface area contributed by atoms with Gasteiger partial charge in [-0.05, 0) is 37.4 Å². The van der Waals surface area contributed by atoms with Crippen LogP contribution >= 0.6 is 0 Å². The Balaban J connectivity index is 2.20. The molecule has 1 aromatic carbocycles. The van der Waals surface area contributed by atoms with Crippen molar-refractivity contribution in [3.63, 3.8) is 0 Å². The van der Waals surface area contributed by atoms with Gasteiger partial charge in [-0.3, -0.25) is 10.1 Å². The molecule has 0 aliphatic heterocycles. The maximum atomic E-state index is 10.9. The number of nitro benzene ring substituents is 1. The van der Waals surface area contributed by atoms with Gasteiger partial charge in [0.05, 0.1) is 4.92 Å². The van der Waals surface area contributed by atoms with Gasteiger partial charge in [0.1, 0.15) is 11.6 Å². The summed E-state index contributed by atoms with van der Waals surface area (Å²) in [5, 5.41) is 23.0. The van der Waals surface area contributed by atoms with Gasteiger partial charge in [0.25, 0.3) is 5.69 Å². The molecule has 100 valence electrons. The molecule has 6 nitrogen and oxygen atoms in total. The van der Waals surface area contributed by atoms with E-state index < -0.39 is 4.92 Å². The first-order chi connectivity index (χ1) is 9.15. The van der Waals surface area contributed by atoms with Crippen LogP contribution in [0.1, 0.15) is 24.8 Å². The van der Waals surface area contributed by atoms with Crippen LogP contribution in [0.25, 0.3) is 0 Å². The Morgan fingerprint density at radius 1 is 1.53 bits per heavy atom. The standard InChI is InChI=1S/C13H16N4O2/c14-7-9-2-1-3-12(9)16-11-5-4-10(8-15)13(6-11)17(18)19/h4-6,9,12,16H,1-3,7,14H2. The molecule has 6 heteroatoms. The van der Waals surface area contributed by atoms with Crippen LogP contribution in [0.5, 0.6) is 0 Å². The number of anilines is 1. The summed E-state index contributed by atoms with van der Waals surface area (Å²) in [5.74, 6) is 0.412. The quantitative estimate of drug-likeness (QED) is 0.636. The predicted molar refractivity (Wildman–Crippen MR) is 71.6 cm³/mol. The maximum Gasteiger partial charge on any atom is 0.289 e. The smallest absolute Gasteiger partial charge is 0.289 e. The molecule has 1 aliphatic rings. The van der Waals surface area contributed by atoms with Crippen LogP contribution < -0.4 is 11.1 Å². The minimum Gasteiger partial charge on any atom is -0.382 e. The Hall–Kier alpha value is -2.13. The Labute approximate surface area is 111 Å². The molecule has 2 atom stereocenters. The minimum absolute atomic E-state index is 0.0809. The van der Waals surface area contributed by atoms with Gasteiger partial charge < -0.3 is 11.1 Å². The Morgan fingerprint density at radius 2 is 2.32 bits per heavy atom. The monoisotopic (exact) mass is 260 g/mol. The van der Waals surface area contributed by atoms with E-state index in [0.717, 1.165) is 19.3 Å². The molecule has 3 N–H and O–H groups in total. The van der Waals surface area contributed by atoms with Gasteiger partial charge in [-0.25, -0.2) is 0 Å². The normalized spacial score (nSPS) is 21.9. The summed E-state index contributed by atoms with van der Waals surface area (Å²) in [6.07, 6.45) is 3.24. The number of nitrogens with zero attached hydrogens (tertiary/aromatic N) is 2. The maximum absolute atomic E-state index is 10.9. The Morgan fingerprint density at radius 3 is 2.95 bits per heavy atom. The molecule has 0 amide bonds. The van der Waals surface area contributed by atoms with Crippen LogP contribution in [-0.2, 0) is 0 Å². The molecule has 1 aliphatic carbocycles. The van der Waals surface area contributed by atoms with Gasteiger partial charge in [0, 0.05) is 17.8 Å². The van der Waals surface area contributed by atoms with E-state index in [9.17, 15) is 10.1 Å². The third-order valence-electron chi connectivity index (χ3n) is 3.63. The lowest BCUT2D eigenvalue weighted by molar-refractivity contribution is -0.385. The summed E-state index contributed by atoms with van der Waals surface area (Å²) in [7, 11) is 0. The lowest BCUT2D eigenvalue weighted by atomic mass is 10.0. The molecule has 0 bridgehead atoms. The fourth-order valence-corrected chi connectivity index (χ4v) is 2.59. The molecule has 0 radical (unpaired) electrons. The van der Waals surface area contributed by atoms with E-state index in [0.29, 0.717) is 18.2 Å². The van der Waals surface area contributed by atoms with Gasteiger partial charge in [-0.2, -0.15) is 5.26 Å². The number of hydrogen-bond donors (Lipinski definition) is 2. The fourth-order valence-electron chi connectivity index (χ4n) is 2.59. The first-order valence-electron chi connectivity index (χ1n) is 6.31. The van der Waals surface area contributed by atoms with Crippen molar-refractivity contribution in [2.75, 3.05) is 11.9 Å². The number of nitriles is 1. The molecule has 0 aromatic heterocycles. The number of benzene rings is 1. The molecule has 1 saturated carbocycles. The highest BCUT2D eigenvalue weighted by Crippen LogP contribution is 2.29. The zero-order valence-corrected chi connectivity index (χ0v) is 10.5. The van der Waals surface area contributed by atoms with E-state index in [4.69, 9.17) is 11.0 Å². The summed E-state index contributed by atoms with van der Waals surface area (Å²) in [5.41, 5.74) is 6.31. The molecule has 0 spiro atoms. The third kappa shape index (κ3) is 2.83. The van der Waals surface area contributed by atoms with Crippen molar-refractivity contribution < 1.29 is 4.92 Å². The fraction of sp³-hybridized carbons (Fsp3) is 0.462. The summed E-state index contributed by atoms with van der Waals surface area (Å²) in [6.45, 7) is 0.621. The predicted octanol–water partition coefficient (Wildman–Crippen LogP) is 2.01. The topological polar surface area (TPSA) is 105 Å². The number of nitrogens with one attached hydrogen (secondary N) is 1. The Kier molecular flexibility index (Phi) is 3.97. The van der Waals surface area contributed by atoms with Crippen molar-refractivity contribution >= 4 is 11.4 Å².